The van der Waals surface area contributed by atoms with E-state index < -0.39 is 22.0 Å². The minimum absolute atomic E-state index is 0.0701. The van der Waals surface area contributed by atoms with Crippen LogP contribution in [0.5, 0.6) is 0 Å². The van der Waals surface area contributed by atoms with Gasteiger partial charge in [0.15, 0.2) is 9.84 Å². The number of carbonyl (C=O) groups excluding carboxylic acids is 1. The smallest absolute Gasteiger partial charge is 0.251 e. The van der Waals surface area contributed by atoms with E-state index in [4.69, 9.17) is 11.6 Å². The van der Waals surface area contributed by atoms with Crippen molar-refractivity contribution in [2.45, 2.75) is 12.1 Å². The molecule has 0 spiro atoms. The van der Waals surface area contributed by atoms with Crippen molar-refractivity contribution in [3.05, 3.63) is 34.9 Å². The fraction of sp³-hybridized carbons (Fsp3) is 0.462. The molecule has 0 radical (unpaired) electrons. The zero-order chi connectivity index (χ0) is 15.5. The van der Waals surface area contributed by atoms with Crippen LogP contribution in [0.3, 0.4) is 0 Å². The van der Waals surface area contributed by atoms with Crippen LogP contribution in [0.4, 0.5) is 0 Å². The normalized spacial score (nSPS) is 23.9. The Kier molecular flexibility index (Phi) is 5.21. The zero-order valence-electron chi connectivity index (χ0n) is 11.3. The Bertz CT molecular complexity index is 603. The number of aliphatic hydroxyl groups excluding tert-OH is 1. The van der Waals surface area contributed by atoms with E-state index in [1.165, 1.54) is 0 Å². The summed E-state index contributed by atoms with van der Waals surface area (Å²) in [7, 11) is -3.16. The molecule has 8 heteroatoms. The molecule has 1 aliphatic heterocycles. The maximum Gasteiger partial charge on any atom is 0.251 e. The van der Waals surface area contributed by atoms with E-state index in [0.717, 1.165) is 0 Å². The highest BCUT2D eigenvalue weighted by Gasteiger charge is 2.35. The van der Waals surface area contributed by atoms with Crippen LogP contribution in [-0.4, -0.2) is 56.2 Å². The molecule has 6 nitrogen and oxygen atoms in total. The maximum absolute atomic E-state index is 11.8. The Morgan fingerprint density at radius 1 is 1.24 bits per heavy atom. The Morgan fingerprint density at radius 2 is 1.90 bits per heavy atom. The van der Waals surface area contributed by atoms with Crippen LogP contribution in [0.25, 0.3) is 0 Å². The molecule has 21 heavy (non-hydrogen) atoms. The van der Waals surface area contributed by atoms with E-state index in [1.807, 2.05) is 0 Å². The van der Waals surface area contributed by atoms with Gasteiger partial charge in [0.2, 0.25) is 0 Å². The Hall–Kier alpha value is -1.15. The zero-order valence-corrected chi connectivity index (χ0v) is 12.8. The molecular formula is C13H17ClN2O4S. The van der Waals surface area contributed by atoms with Gasteiger partial charge in [-0.3, -0.25) is 4.79 Å². The van der Waals surface area contributed by atoms with Crippen molar-refractivity contribution in [1.82, 2.24) is 10.6 Å². The molecule has 116 valence electrons. The number of amides is 1. The SMILES string of the molecule is O=C(NCCN[C@@H]1CS(=O)(=O)C[C@@H]1O)c1ccc(Cl)cc1. The predicted octanol–water partition coefficient (Wildman–Crippen LogP) is -0.183. The second-order valence-electron chi connectivity index (χ2n) is 4.97. The lowest BCUT2D eigenvalue weighted by atomic mass is 10.2. The summed E-state index contributed by atoms with van der Waals surface area (Å²) >= 11 is 5.74. The number of halogens is 1. The Labute approximate surface area is 128 Å². The molecule has 1 fully saturated rings. The number of rotatable bonds is 5. The van der Waals surface area contributed by atoms with Crippen LogP contribution in [0.2, 0.25) is 5.02 Å². The van der Waals surface area contributed by atoms with Gasteiger partial charge in [0, 0.05) is 29.7 Å². The first-order chi connectivity index (χ1) is 9.87. The summed E-state index contributed by atoms with van der Waals surface area (Å²) < 4.78 is 22.6. The molecule has 1 heterocycles. The van der Waals surface area contributed by atoms with Crippen molar-refractivity contribution in [2.24, 2.45) is 0 Å². The van der Waals surface area contributed by atoms with Crippen LogP contribution >= 0.6 is 11.6 Å². The number of hydrogen-bond donors (Lipinski definition) is 3. The minimum Gasteiger partial charge on any atom is -0.390 e. The lowest BCUT2D eigenvalue weighted by molar-refractivity contribution is 0.0953. The molecule has 0 bridgehead atoms. The first-order valence-electron chi connectivity index (χ1n) is 6.53. The fourth-order valence-corrected chi connectivity index (χ4v) is 4.06. The third-order valence-electron chi connectivity index (χ3n) is 3.25. The monoisotopic (exact) mass is 332 g/mol. The van der Waals surface area contributed by atoms with Crippen molar-refractivity contribution < 1.29 is 18.3 Å². The molecule has 0 unspecified atom stereocenters. The van der Waals surface area contributed by atoms with Crippen molar-refractivity contribution in [3.8, 4) is 0 Å². The summed E-state index contributed by atoms with van der Waals surface area (Å²) in [5, 5.41) is 15.8. The van der Waals surface area contributed by atoms with Gasteiger partial charge in [0.25, 0.3) is 5.91 Å². The number of carbonyl (C=O) groups is 1. The molecule has 0 aliphatic carbocycles. The molecule has 1 aromatic carbocycles. The second kappa shape index (κ2) is 6.74. The van der Waals surface area contributed by atoms with Gasteiger partial charge in [-0.2, -0.15) is 0 Å². The number of sulfone groups is 1. The summed E-state index contributed by atoms with van der Waals surface area (Å²) in [4.78, 5) is 11.8. The highest BCUT2D eigenvalue weighted by atomic mass is 35.5. The molecule has 1 aliphatic rings. The molecule has 1 aromatic rings. The van der Waals surface area contributed by atoms with Crippen molar-refractivity contribution >= 4 is 27.3 Å². The van der Waals surface area contributed by atoms with E-state index in [0.29, 0.717) is 23.7 Å². The van der Waals surface area contributed by atoms with Crippen LogP contribution in [0.1, 0.15) is 10.4 Å². The van der Waals surface area contributed by atoms with Gasteiger partial charge in [-0.05, 0) is 24.3 Å². The average molecular weight is 333 g/mol. The van der Waals surface area contributed by atoms with Gasteiger partial charge < -0.3 is 15.7 Å². The van der Waals surface area contributed by atoms with Crippen molar-refractivity contribution in [3.63, 3.8) is 0 Å². The van der Waals surface area contributed by atoms with E-state index >= 15 is 0 Å². The lowest BCUT2D eigenvalue weighted by Gasteiger charge is -2.15. The summed E-state index contributed by atoms with van der Waals surface area (Å²) in [6.07, 6.45) is -0.887. The highest BCUT2D eigenvalue weighted by Crippen LogP contribution is 2.12. The largest absolute Gasteiger partial charge is 0.390 e. The predicted molar refractivity (Wildman–Crippen MR) is 80.2 cm³/mol. The number of nitrogens with one attached hydrogen (secondary N) is 2. The Balaban J connectivity index is 1.73. The van der Waals surface area contributed by atoms with Crippen molar-refractivity contribution in [2.75, 3.05) is 24.6 Å². The average Bonchev–Trinajstić information content (AvgIpc) is 2.68. The van der Waals surface area contributed by atoms with E-state index in [-0.39, 0.29) is 17.4 Å². The third kappa shape index (κ3) is 4.67. The second-order valence-corrected chi connectivity index (χ2v) is 7.56. The number of benzene rings is 1. The maximum atomic E-state index is 11.8. The van der Waals surface area contributed by atoms with Gasteiger partial charge in [0.1, 0.15) is 0 Å². The van der Waals surface area contributed by atoms with Gasteiger partial charge in [-0.25, -0.2) is 8.42 Å². The quantitative estimate of drug-likeness (QED) is 0.650. The van der Waals surface area contributed by atoms with E-state index in [9.17, 15) is 18.3 Å². The topological polar surface area (TPSA) is 95.5 Å². The van der Waals surface area contributed by atoms with Crippen LogP contribution in [0, 0.1) is 0 Å². The lowest BCUT2D eigenvalue weighted by Crippen LogP contribution is -2.42. The summed E-state index contributed by atoms with van der Waals surface area (Å²) in [6.45, 7) is 0.724. The summed E-state index contributed by atoms with van der Waals surface area (Å²) in [5.41, 5.74) is 0.503. The highest BCUT2D eigenvalue weighted by molar-refractivity contribution is 7.91. The molecule has 0 saturated carbocycles. The molecule has 3 N–H and O–H groups in total. The first kappa shape index (κ1) is 16.2. The summed E-state index contributed by atoms with van der Waals surface area (Å²) in [5.74, 6) is -0.505. The standard InChI is InChI=1S/C13H17ClN2O4S/c14-10-3-1-9(2-4-10)13(18)16-6-5-15-11-7-21(19,20)8-12(11)17/h1-4,11-12,15,17H,5-8H2,(H,16,18)/t11-,12+/m1/s1. The van der Waals surface area contributed by atoms with Gasteiger partial charge >= 0.3 is 0 Å². The van der Waals surface area contributed by atoms with E-state index in [1.54, 1.807) is 24.3 Å². The van der Waals surface area contributed by atoms with Crippen LogP contribution in [-0.2, 0) is 9.84 Å². The third-order valence-corrected chi connectivity index (χ3v) is 5.21. The Morgan fingerprint density at radius 3 is 2.48 bits per heavy atom. The molecule has 1 amide bonds. The number of aliphatic hydroxyl groups is 1. The fourth-order valence-electron chi connectivity index (χ4n) is 2.16. The molecule has 2 atom stereocenters. The van der Waals surface area contributed by atoms with Crippen molar-refractivity contribution in [1.29, 1.82) is 0 Å². The van der Waals surface area contributed by atoms with Crippen LogP contribution in [0.15, 0.2) is 24.3 Å². The van der Waals surface area contributed by atoms with Gasteiger partial charge in [-0.15, -0.1) is 0 Å². The molecular weight excluding hydrogens is 316 g/mol. The van der Waals surface area contributed by atoms with Gasteiger partial charge in [0.05, 0.1) is 17.6 Å². The molecule has 0 aromatic heterocycles. The van der Waals surface area contributed by atoms with Crippen LogP contribution < -0.4 is 10.6 Å². The van der Waals surface area contributed by atoms with E-state index in [2.05, 4.69) is 10.6 Å². The number of hydrogen-bond acceptors (Lipinski definition) is 5. The summed E-state index contributed by atoms with van der Waals surface area (Å²) in [6, 6.07) is 6.04. The molecule has 1 saturated heterocycles. The first-order valence-corrected chi connectivity index (χ1v) is 8.73. The molecule has 2 rings (SSSR count). The van der Waals surface area contributed by atoms with Gasteiger partial charge in [-0.1, -0.05) is 11.6 Å². The minimum atomic E-state index is -3.16.